The van der Waals surface area contributed by atoms with E-state index in [1.807, 2.05) is 0 Å². The molecule has 0 radical (unpaired) electrons. The van der Waals surface area contributed by atoms with Crippen LogP contribution in [0.1, 0.15) is 20.7 Å². The third-order valence-corrected chi connectivity index (χ3v) is 3.24. The van der Waals surface area contributed by atoms with E-state index in [0.29, 0.717) is 5.69 Å². The number of nitrogen functional groups attached to an aromatic ring is 1. The number of nitrogens with zero attached hydrogens (tertiary/aromatic N) is 2. The van der Waals surface area contributed by atoms with Crippen molar-refractivity contribution in [1.29, 1.82) is 0 Å². The number of amides is 2. The van der Waals surface area contributed by atoms with Gasteiger partial charge < -0.3 is 5.73 Å². The average molecular weight is 274 g/mol. The number of benzene rings is 1. The quantitative estimate of drug-likeness (QED) is 0.638. The van der Waals surface area contributed by atoms with Crippen molar-refractivity contribution < 1.29 is 9.59 Å². The van der Waals surface area contributed by atoms with Crippen LogP contribution < -0.4 is 10.6 Å². The summed E-state index contributed by atoms with van der Waals surface area (Å²) in [6.45, 7) is 0. The predicted molar refractivity (Wildman–Crippen MR) is 71.2 cm³/mol. The molecule has 0 aliphatic carbocycles. The molecule has 5 nitrogen and oxygen atoms in total. The Morgan fingerprint density at radius 1 is 1.11 bits per heavy atom. The minimum atomic E-state index is -0.481. The number of anilines is 2. The molecule has 2 N–H and O–H groups in total. The number of pyridine rings is 1. The number of imide groups is 1. The molecule has 6 heteroatoms. The molecule has 2 aromatic rings. The van der Waals surface area contributed by atoms with Crippen LogP contribution in [-0.2, 0) is 0 Å². The molecule has 0 saturated carbocycles. The van der Waals surface area contributed by atoms with E-state index in [1.54, 1.807) is 18.3 Å². The smallest absolute Gasteiger partial charge is 0.268 e. The van der Waals surface area contributed by atoms with Crippen LogP contribution in [0, 0.1) is 0 Å². The molecular weight excluding hydrogens is 266 g/mol. The fourth-order valence-corrected chi connectivity index (χ4v) is 2.31. The summed E-state index contributed by atoms with van der Waals surface area (Å²) in [5.74, 6) is -0.960. The van der Waals surface area contributed by atoms with Gasteiger partial charge in [-0.25, -0.2) is 4.90 Å². The molecule has 0 bridgehead atoms. The van der Waals surface area contributed by atoms with Crippen molar-refractivity contribution in [1.82, 2.24) is 4.98 Å². The highest BCUT2D eigenvalue weighted by Gasteiger charge is 2.39. The van der Waals surface area contributed by atoms with Gasteiger partial charge in [0.1, 0.15) is 0 Å². The van der Waals surface area contributed by atoms with Crippen molar-refractivity contribution in [2.75, 3.05) is 10.6 Å². The minimum absolute atomic E-state index is 0.149. The van der Waals surface area contributed by atoms with Crippen LogP contribution in [0.25, 0.3) is 0 Å². The van der Waals surface area contributed by atoms with Gasteiger partial charge in [0, 0.05) is 11.9 Å². The van der Waals surface area contributed by atoms with Crippen LogP contribution in [0.3, 0.4) is 0 Å². The van der Waals surface area contributed by atoms with Gasteiger partial charge in [0.05, 0.1) is 28.0 Å². The van der Waals surface area contributed by atoms with Crippen molar-refractivity contribution in [3.63, 3.8) is 0 Å². The summed E-state index contributed by atoms with van der Waals surface area (Å²) in [5.41, 5.74) is 6.70. The lowest BCUT2D eigenvalue weighted by molar-refractivity contribution is 0.0926. The third kappa shape index (κ3) is 1.59. The molecule has 2 heterocycles. The van der Waals surface area contributed by atoms with Crippen molar-refractivity contribution >= 4 is 34.8 Å². The zero-order valence-electron chi connectivity index (χ0n) is 9.63. The minimum Gasteiger partial charge on any atom is -0.398 e. The van der Waals surface area contributed by atoms with Gasteiger partial charge >= 0.3 is 0 Å². The standard InChI is InChI=1S/C13H8ClN3O2/c14-8-3-4-9(15)11-10(8)12(18)17(13(11)19)7-2-1-5-16-6-7/h1-6H,15H2. The van der Waals surface area contributed by atoms with Crippen molar-refractivity contribution in [2.24, 2.45) is 0 Å². The molecule has 1 aliphatic heterocycles. The zero-order valence-corrected chi connectivity index (χ0v) is 10.4. The molecule has 0 atom stereocenters. The molecule has 1 aromatic carbocycles. The molecule has 1 aliphatic rings. The first kappa shape index (κ1) is 11.7. The second kappa shape index (κ2) is 4.07. The first-order valence-electron chi connectivity index (χ1n) is 5.48. The molecule has 0 spiro atoms. The number of halogens is 1. The first-order chi connectivity index (χ1) is 9.11. The fourth-order valence-electron chi connectivity index (χ4n) is 2.07. The highest BCUT2D eigenvalue weighted by Crippen LogP contribution is 2.35. The average Bonchev–Trinajstić information content (AvgIpc) is 2.68. The van der Waals surface area contributed by atoms with Gasteiger partial charge in [-0.15, -0.1) is 0 Å². The molecule has 0 unspecified atom stereocenters. The molecule has 0 saturated heterocycles. The number of aromatic nitrogens is 1. The van der Waals surface area contributed by atoms with Gasteiger partial charge in [0.15, 0.2) is 0 Å². The highest BCUT2D eigenvalue weighted by molar-refractivity contribution is 6.43. The molecule has 2 amide bonds. The summed E-state index contributed by atoms with van der Waals surface area (Å²) >= 11 is 5.98. The van der Waals surface area contributed by atoms with Gasteiger partial charge in [-0.05, 0) is 24.3 Å². The largest absolute Gasteiger partial charge is 0.398 e. The second-order valence-corrected chi connectivity index (χ2v) is 4.45. The Balaban J connectivity index is 2.21. The highest BCUT2D eigenvalue weighted by atomic mass is 35.5. The fraction of sp³-hybridized carbons (Fsp3) is 0. The lowest BCUT2D eigenvalue weighted by Crippen LogP contribution is -2.29. The summed E-state index contributed by atoms with van der Waals surface area (Å²) < 4.78 is 0. The zero-order chi connectivity index (χ0) is 13.6. The maximum absolute atomic E-state index is 12.3. The van der Waals surface area contributed by atoms with Gasteiger partial charge in [-0.2, -0.15) is 0 Å². The summed E-state index contributed by atoms with van der Waals surface area (Å²) in [6.07, 6.45) is 2.99. The van der Waals surface area contributed by atoms with Gasteiger partial charge in [-0.1, -0.05) is 11.6 Å². The van der Waals surface area contributed by atoms with Crippen molar-refractivity contribution in [3.8, 4) is 0 Å². The van der Waals surface area contributed by atoms with E-state index in [-0.39, 0.29) is 21.8 Å². The van der Waals surface area contributed by atoms with Gasteiger partial charge in [0.25, 0.3) is 11.8 Å². The molecule has 0 fully saturated rings. The van der Waals surface area contributed by atoms with E-state index < -0.39 is 11.8 Å². The Hall–Kier alpha value is -2.40. The van der Waals surface area contributed by atoms with Crippen LogP contribution in [0.5, 0.6) is 0 Å². The van der Waals surface area contributed by atoms with E-state index in [1.165, 1.54) is 18.3 Å². The Labute approximate surface area is 113 Å². The number of carbonyl (C=O) groups is 2. The van der Waals surface area contributed by atoms with Crippen LogP contribution in [0.2, 0.25) is 5.02 Å². The van der Waals surface area contributed by atoms with E-state index in [9.17, 15) is 9.59 Å². The van der Waals surface area contributed by atoms with E-state index in [2.05, 4.69) is 4.98 Å². The topological polar surface area (TPSA) is 76.3 Å². The van der Waals surface area contributed by atoms with E-state index in [4.69, 9.17) is 17.3 Å². The monoisotopic (exact) mass is 273 g/mol. The number of nitrogens with two attached hydrogens (primary N) is 1. The number of hydrogen-bond donors (Lipinski definition) is 1. The predicted octanol–water partition coefficient (Wildman–Crippen LogP) is 2.12. The Kier molecular flexibility index (Phi) is 2.50. The van der Waals surface area contributed by atoms with Crippen LogP contribution in [0.15, 0.2) is 36.7 Å². The summed E-state index contributed by atoms with van der Waals surface area (Å²) in [4.78, 5) is 29.6. The maximum atomic E-state index is 12.3. The SMILES string of the molecule is Nc1ccc(Cl)c2c1C(=O)N(c1cccnc1)C2=O. The van der Waals surface area contributed by atoms with Crippen LogP contribution in [0.4, 0.5) is 11.4 Å². The Morgan fingerprint density at radius 3 is 2.47 bits per heavy atom. The number of hydrogen-bond acceptors (Lipinski definition) is 4. The van der Waals surface area contributed by atoms with Crippen LogP contribution in [-0.4, -0.2) is 16.8 Å². The molecule has 19 heavy (non-hydrogen) atoms. The van der Waals surface area contributed by atoms with E-state index in [0.717, 1.165) is 4.90 Å². The summed E-state index contributed by atoms with van der Waals surface area (Å²) in [6, 6.07) is 6.29. The normalized spacial score (nSPS) is 13.8. The molecule has 1 aromatic heterocycles. The first-order valence-corrected chi connectivity index (χ1v) is 5.86. The maximum Gasteiger partial charge on any atom is 0.268 e. The molecular formula is C13H8ClN3O2. The second-order valence-electron chi connectivity index (χ2n) is 4.04. The third-order valence-electron chi connectivity index (χ3n) is 2.92. The number of carbonyl (C=O) groups excluding carboxylic acids is 2. The number of fused-ring (bicyclic) bond motifs is 1. The summed E-state index contributed by atoms with van der Waals surface area (Å²) in [7, 11) is 0. The van der Waals surface area contributed by atoms with E-state index >= 15 is 0 Å². The Bertz CT molecular complexity index is 660. The lowest BCUT2D eigenvalue weighted by Gasteiger charge is -2.12. The van der Waals surface area contributed by atoms with Crippen LogP contribution >= 0.6 is 11.6 Å². The van der Waals surface area contributed by atoms with Gasteiger partial charge in [-0.3, -0.25) is 14.6 Å². The van der Waals surface area contributed by atoms with Crippen molar-refractivity contribution in [2.45, 2.75) is 0 Å². The molecule has 94 valence electrons. The van der Waals surface area contributed by atoms with Crippen molar-refractivity contribution in [3.05, 3.63) is 52.8 Å². The molecule has 3 rings (SSSR count). The van der Waals surface area contributed by atoms with Gasteiger partial charge in [0.2, 0.25) is 0 Å². The summed E-state index contributed by atoms with van der Waals surface area (Å²) in [5, 5.41) is 0.217. The Morgan fingerprint density at radius 2 is 1.84 bits per heavy atom. The lowest BCUT2D eigenvalue weighted by atomic mass is 10.1. The number of rotatable bonds is 1.